The van der Waals surface area contributed by atoms with Crippen LogP contribution in [-0.4, -0.2) is 34.5 Å². The number of aliphatic carboxylic acids is 1. The van der Waals surface area contributed by atoms with Crippen LogP contribution in [0.15, 0.2) is 0 Å². The summed E-state index contributed by atoms with van der Waals surface area (Å²) >= 11 is 0. The minimum absolute atomic E-state index is 0.0644. The van der Waals surface area contributed by atoms with Gasteiger partial charge in [-0.05, 0) is 20.8 Å². The molecule has 0 aliphatic heterocycles. The average Bonchev–Trinajstić information content (AvgIpc) is 1.85. The maximum absolute atomic E-state index is 10.4. The molecule has 0 amide bonds. The van der Waals surface area contributed by atoms with Gasteiger partial charge in [-0.25, -0.2) is 4.79 Å². The van der Waals surface area contributed by atoms with Gasteiger partial charge in [0, 0.05) is 6.42 Å². The summed E-state index contributed by atoms with van der Waals surface area (Å²) in [5.74, 6) is -1.21. The molecule has 1 atom stereocenters. The average molecular weight is 176 g/mol. The first-order chi connectivity index (χ1) is 5.36. The molecule has 0 saturated carbocycles. The molecule has 0 saturated heterocycles. The van der Waals surface area contributed by atoms with Crippen molar-refractivity contribution in [3.8, 4) is 0 Å². The fourth-order valence-corrected chi connectivity index (χ4v) is 0.600. The Labute approximate surface area is 72.2 Å². The normalized spacial score (nSPS) is 16.1. The Balaban J connectivity index is 3.69. The number of carbonyl (C=O) groups is 1. The smallest absolute Gasteiger partial charge is 0.335 e. The lowest BCUT2D eigenvalue weighted by Gasteiger charge is -2.18. The molecule has 0 unspecified atom stereocenters. The highest BCUT2D eigenvalue weighted by Crippen LogP contribution is 2.09. The second-order valence-corrected chi connectivity index (χ2v) is 3.25. The van der Waals surface area contributed by atoms with Crippen LogP contribution in [0.1, 0.15) is 27.2 Å². The predicted molar refractivity (Wildman–Crippen MR) is 44.0 cm³/mol. The fraction of sp³-hybridized carbons (Fsp3) is 0.875. The van der Waals surface area contributed by atoms with Crippen molar-refractivity contribution in [2.24, 2.45) is 0 Å². The Bertz CT molecular complexity index is 151. The van der Waals surface area contributed by atoms with E-state index in [0.29, 0.717) is 0 Å². The summed E-state index contributed by atoms with van der Waals surface area (Å²) in [5.41, 5.74) is -1.67. The summed E-state index contributed by atoms with van der Waals surface area (Å²) in [6.07, 6.45) is 0.176. The first kappa shape index (κ1) is 11.4. The standard InChI is InChI=1S/C8H16O4/c1-6(2)12-5-4-8(3,11)7(9)10/h6,11H,4-5H2,1-3H3,(H,9,10)/t8-/m1/s1. The van der Waals surface area contributed by atoms with Crippen LogP contribution < -0.4 is 0 Å². The van der Waals surface area contributed by atoms with Crippen molar-refractivity contribution < 1.29 is 19.7 Å². The van der Waals surface area contributed by atoms with Crippen molar-refractivity contribution in [3.63, 3.8) is 0 Å². The predicted octanol–water partition coefficient (Wildman–Crippen LogP) is 0.637. The summed E-state index contributed by atoms with van der Waals surface area (Å²) in [4.78, 5) is 10.4. The third-order valence-electron chi connectivity index (χ3n) is 1.50. The molecule has 0 aliphatic rings. The van der Waals surface area contributed by atoms with Crippen LogP contribution >= 0.6 is 0 Å². The van der Waals surface area contributed by atoms with E-state index in [1.807, 2.05) is 13.8 Å². The zero-order chi connectivity index (χ0) is 9.78. The monoisotopic (exact) mass is 176 g/mol. The van der Waals surface area contributed by atoms with E-state index in [1.165, 1.54) is 6.92 Å². The highest BCUT2D eigenvalue weighted by molar-refractivity contribution is 5.76. The molecule has 0 aromatic rings. The second kappa shape index (κ2) is 4.42. The number of carboxylic acids is 1. The van der Waals surface area contributed by atoms with Gasteiger partial charge in [-0.3, -0.25) is 0 Å². The maximum atomic E-state index is 10.4. The van der Waals surface area contributed by atoms with Crippen molar-refractivity contribution in [1.29, 1.82) is 0 Å². The molecule has 0 aromatic carbocycles. The molecule has 12 heavy (non-hydrogen) atoms. The lowest BCUT2D eigenvalue weighted by molar-refractivity contribution is -0.158. The van der Waals surface area contributed by atoms with Crippen molar-refractivity contribution in [2.45, 2.75) is 38.9 Å². The minimum Gasteiger partial charge on any atom is -0.479 e. The topological polar surface area (TPSA) is 66.8 Å². The van der Waals surface area contributed by atoms with Gasteiger partial charge in [0.25, 0.3) is 0 Å². The van der Waals surface area contributed by atoms with Crippen LogP contribution in [0.3, 0.4) is 0 Å². The molecular formula is C8H16O4. The van der Waals surface area contributed by atoms with Gasteiger partial charge in [0.1, 0.15) is 0 Å². The van der Waals surface area contributed by atoms with Crippen LogP contribution in [-0.2, 0) is 9.53 Å². The molecule has 0 radical (unpaired) electrons. The third kappa shape index (κ3) is 4.31. The minimum atomic E-state index is -1.67. The Morgan fingerprint density at radius 1 is 1.58 bits per heavy atom. The molecule has 0 bridgehead atoms. The van der Waals surface area contributed by atoms with E-state index < -0.39 is 11.6 Å². The summed E-state index contributed by atoms with van der Waals surface area (Å²) in [7, 11) is 0. The van der Waals surface area contributed by atoms with E-state index in [1.54, 1.807) is 0 Å². The van der Waals surface area contributed by atoms with E-state index in [4.69, 9.17) is 9.84 Å². The lowest BCUT2D eigenvalue weighted by atomic mass is 10.0. The quantitative estimate of drug-likeness (QED) is 0.645. The molecule has 0 aromatic heterocycles. The van der Waals surface area contributed by atoms with E-state index in [-0.39, 0.29) is 19.1 Å². The number of hydrogen-bond donors (Lipinski definition) is 2. The van der Waals surface area contributed by atoms with Crippen molar-refractivity contribution in [3.05, 3.63) is 0 Å². The van der Waals surface area contributed by atoms with Gasteiger partial charge >= 0.3 is 5.97 Å². The van der Waals surface area contributed by atoms with Gasteiger partial charge in [-0.15, -0.1) is 0 Å². The molecule has 2 N–H and O–H groups in total. The molecule has 4 nitrogen and oxygen atoms in total. The fourth-order valence-electron chi connectivity index (χ4n) is 0.600. The van der Waals surface area contributed by atoms with Gasteiger partial charge in [0.05, 0.1) is 12.7 Å². The van der Waals surface area contributed by atoms with Crippen molar-refractivity contribution in [1.82, 2.24) is 0 Å². The number of aliphatic hydroxyl groups is 1. The maximum Gasteiger partial charge on any atom is 0.335 e. The number of hydrogen-bond acceptors (Lipinski definition) is 3. The first-order valence-electron chi connectivity index (χ1n) is 3.93. The Hall–Kier alpha value is -0.610. The van der Waals surface area contributed by atoms with Crippen molar-refractivity contribution >= 4 is 5.97 Å². The van der Waals surface area contributed by atoms with E-state index in [9.17, 15) is 9.90 Å². The molecule has 4 heteroatoms. The second-order valence-electron chi connectivity index (χ2n) is 3.25. The molecule has 0 spiro atoms. The lowest BCUT2D eigenvalue weighted by Crippen LogP contribution is -2.36. The van der Waals surface area contributed by atoms with Gasteiger partial charge in [0.15, 0.2) is 5.60 Å². The molecule has 0 aliphatic carbocycles. The zero-order valence-electron chi connectivity index (χ0n) is 7.70. The van der Waals surface area contributed by atoms with E-state index in [2.05, 4.69) is 0 Å². The molecule has 72 valence electrons. The molecular weight excluding hydrogens is 160 g/mol. The highest BCUT2D eigenvalue weighted by Gasteiger charge is 2.29. The summed E-state index contributed by atoms with van der Waals surface area (Å²) in [6, 6.07) is 0. The zero-order valence-corrected chi connectivity index (χ0v) is 7.70. The molecule has 0 fully saturated rings. The highest BCUT2D eigenvalue weighted by atomic mass is 16.5. The van der Waals surface area contributed by atoms with Gasteiger partial charge in [-0.2, -0.15) is 0 Å². The van der Waals surface area contributed by atoms with Gasteiger partial charge in [0.2, 0.25) is 0 Å². The Morgan fingerprint density at radius 2 is 2.08 bits per heavy atom. The van der Waals surface area contributed by atoms with Gasteiger partial charge < -0.3 is 14.9 Å². The SMILES string of the molecule is CC(C)OCC[C@@](C)(O)C(=O)O. The molecule has 0 rings (SSSR count). The Morgan fingerprint density at radius 3 is 2.42 bits per heavy atom. The Kier molecular flexibility index (Phi) is 4.20. The van der Waals surface area contributed by atoms with Crippen LogP contribution in [0.2, 0.25) is 0 Å². The summed E-state index contributed by atoms with van der Waals surface area (Å²) in [5, 5.41) is 17.7. The van der Waals surface area contributed by atoms with Crippen LogP contribution in [0.4, 0.5) is 0 Å². The summed E-state index contributed by atoms with van der Waals surface area (Å²) in [6.45, 7) is 5.24. The van der Waals surface area contributed by atoms with Crippen LogP contribution in [0.25, 0.3) is 0 Å². The first-order valence-corrected chi connectivity index (χ1v) is 3.93. The van der Waals surface area contributed by atoms with Crippen molar-refractivity contribution in [2.75, 3.05) is 6.61 Å². The van der Waals surface area contributed by atoms with E-state index >= 15 is 0 Å². The number of ether oxygens (including phenoxy) is 1. The third-order valence-corrected chi connectivity index (χ3v) is 1.50. The largest absolute Gasteiger partial charge is 0.479 e. The van der Waals surface area contributed by atoms with Gasteiger partial charge in [-0.1, -0.05) is 0 Å². The summed E-state index contributed by atoms with van der Waals surface area (Å²) < 4.78 is 5.10. The molecule has 0 heterocycles. The van der Waals surface area contributed by atoms with Crippen LogP contribution in [0.5, 0.6) is 0 Å². The van der Waals surface area contributed by atoms with Crippen LogP contribution in [0, 0.1) is 0 Å². The van der Waals surface area contributed by atoms with E-state index in [0.717, 1.165) is 0 Å². The number of carboxylic acid groups (broad SMARTS) is 1. The number of rotatable bonds is 5.